The Bertz CT molecular complexity index is 2520. The van der Waals surface area contributed by atoms with Gasteiger partial charge in [0.05, 0.1) is 11.7 Å². The van der Waals surface area contributed by atoms with Crippen LogP contribution in [-0.4, -0.2) is 8.75 Å². The Morgan fingerprint density at radius 2 is 0.928 bits per heavy atom. The van der Waals surface area contributed by atoms with Crippen LogP contribution in [0, 0.1) is 0 Å². The van der Waals surface area contributed by atoms with Crippen molar-refractivity contribution in [1.82, 2.24) is 8.75 Å². The van der Waals surface area contributed by atoms with Gasteiger partial charge in [0.15, 0.2) is 0 Å². The summed E-state index contributed by atoms with van der Waals surface area (Å²) in [6, 6.07) is 25.2. The predicted molar refractivity (Wildman–Crippen MR) is 309 cm³/mol. The number of aryl methyl sites for hydroxylation is 2. The molecule has 0 bridgehead atoms. The summed E-state index contributed by atoms with van der Waals surface area (Å²) in [7, 11) is 0. The van der Waals surface area contributed by atoms with Crippen LogP contribution in [0.15, 0.2) is 60.7 Å². The molecule has 6 aromatic rings. The molecule has 0 fully saturated rings. The van der Waals surface area contributed by atoms with Crippen molar-refractivity contribution in [1.29, 1.82) is 0 Å². The van der Waals surface area contributed by atoms with Gasteiger partial charge in [-0.2, -0.15) is 8.75 Å². The number of hydrogen-bond acceptors (Lipinski definition) is 5. The molecule has 2 nitrogen and oxygen atoms in total. The van der Waals surface area contributed by atoms with Gasteiger partial charge >= 0.3 is 0 Å². The molecule has 0 radical (unpaired) electrons. The molecule has 0 atom stereocenters. The maximum Gasteiger partial charge on any atom is 0.114 e. The highest BCUT2D eigenvalue weighted by Crippen LogP contribution is 2.56. The van der Waals surface area contributed by atoms with E-state index in [0.29, 0.717) is 0 Å². The first kappa shape index (κ1) is 53.7. The number of rotatable bonds is 29. The summed E-state index contributed by atoms with van der Waals surface area (Å²) in [5.74, 6) is 0. The second-order valence-corrected chi connectivity index (χ2v) is 25.4. The van der Waals surface area contributed by atoms with E-state index in [4.69, 9.17) is 8.75 Å². The lowest BCUT2D eigenvalue weighted by atomic mass is 9.69. The van der Waals surface area contributed by atoms with Gasteiger partial charge in [-0.05, 0) is 118 Å². The van der Waals surface area contributed by atoms with Crippen molar-refractivity contribution >= 4 is 45.4 Å². The van der Waals surface area contributed by atoms with Crippen LogP contribution >= 0.6 is 34.4 Å². The zero-order valence-corrected chi connectivity index (χ0v) is 47.5. The van der Waals surface area contributed by atoms with Crippen molar-refractivity contribution in [2.45, 2.75) is 246 Å². The first-order valence-corrected chi connectivity index (χ1v) is 30.6. The first-order chi connectivity index (χ1) is 33.4. The van der Waals surface area contributed by atoms with E-state index in [9.17, 15) is 0 Å². The van der Waals surface area contributed by atoms with Crippen LogP contribution in [0.2, 0.25) is 0 Å². The van der Waals surface area contributed by atoms with E-state index in [-0.39, 0.29) is 16.2 Å². The van der Waals surface area contributed by atoms with Gasteiger partial charge in [-0.25, -0.2) is 0 Å². The summed E-state index contributed by atoms with van der Waals surface area (Å²) < 4.78 is 10.2. The summed E-state index contributed by atoms with van der Waals surface area (Å²) in [4.78, 5) is 5.70. The summed E-state index contributed by atoms with van der Waals surface area (Å²) in [5.41, 5.74) is 17.1. The van der Waals surface area contributed by atoms with Crippen LogP contribution < -0.4 is 0 Å². The smallest absolute Gasteiger partial charge is 0.114 e. The Kier molecular flexibility index (Phi) is 19.5. The molecular weight excluding hydrogens is 893 g/mol. The number of thiophene rings is 2. The maximum absolute atomic E-state index is 5.10. The molecule has 374 valence electrons. The van der Waals surface area contributed by atoms with Gasteiger partial charge in [-0.15, -0.1) is 22.7 Å². The van der Waals surface area contributed by atoms with Crippen molar-refractivity contribution in [3.63, 3.8) is 0 Å². The summed E-state index contributed by atoms with van der Waals surface area (Å²) in [5, 5.41) is 0. The van der Waals surface area contributed by atoms with E-state index in [0.717, 1.165) is 30.3 Å². The molecule has 5 heteroatoms. The molecule has 0 aliphatic heterocycles. The topological polar surface area (TPSA) is 25.8 Å². The second-order valence-electron chi connectivity index (χ2n) is 22.8. The number of aromatic nitrogens is 2. The second kappa shape index (κ2) is 25.0. The Morgan fingerprint density at radius 1 is 0.464 bits per heavy atom. The fourth-order valence-corrected chi connectivity index (χ4v) is 14.6. The normalized spacial score (nSPS) is 13.5. The predicted octanol–water partition coefficient (Wildman–Crippen LogP) is 21.8. The highest BCUT2D eigenvalue weighted by atomic mass is 32.1. The Labute approximate surface area is 433 Å². The number of fused-ring (bicyclic) bond motifs is 4. The fourth-order valence-electron chi connectivity index (χ4n) is 11.4. The van der Waals surface area contributed by atoms with Crippen molar-refractivity contribution in [2.75, 3.05) is 0 Å². The van der Waals surface area contributed by atoms with E-state index in [1.807, 2.05) is 22.7 Å². The summed E-state index contributed by atoms with van der Waals surface area (Å²) in [6.07, 6.45) is 32.2. The van der Waals surface area contributed by atoms with E-state index in [1.54, 1.807) is 21.6 Å². The lowest BCUT2D eigenvalue weighted by Gasteiger charge is -2.34. The molecule has 1 aliphatic rings. The SMILES string of the molecule is CCCCCCCCC1(CCCCCCCC)c2cc(-c3sc(-c4ccc(-c5cc(CCCCCC)c(C(C)(C)CC)s5)c5nsnc45)cc3CCCCCC)ccc2-c2ccc(C(C)(C)C)cc21. The average molecular weight is 984 g/mol. The van der Waals surface area contributed by atoms with E-state index in [2.05, 4.69) is 130 Å². The molecule has 69 heavy (non-hydrogen) atoms. The number of benzene rings is 3. The van der Waals surface area contributed by atoms with Crippen LogP contribution in [0.5, 0.6) is 0 Å². The minimum atomic E-state index is 0.0382. The van der Waals surface area contributed by atoms with Gasteiger partial charge in [0.2, 0.25) is 0 Å². The van der Waals surface area contributed by atoms with Crippen LogP contribution in [0.1, 0.15) is 250 Å². The Morgan fingerprint density at radius 3 is 1.48 bits per heavy atom. The van der Waals surface area contributed by atoms with Gasteiger partial charge in [-0.1, -0.05) is 227 Å². The van der Waals surface area contributed by atoms with Gasteiger partial charge in [-0.3, -0.25) is 0 Å². The molecule has 1 aliphatic carbocycles. The number of nitrogens with zero attached hydrogens (tertiary/aromatic N) is 2. The molecule has 0 N–H and O–H groups in total. The van der Waals surface area contributed by atoms with E-state index >= 15 is 0 Å². The molecule has 0 spiro atoms. The standard InChI is InChI=1S/C64H90N2S3/c1-11-16-20-24-26-30-40-64(41-31-27-25-21-17-12-2)54-42-47(34-36-50(54)51-37-35-49(45-55(51)64)62(6,7)8)60-46(32-28-22-18-13-3)43-56(67-60)52-38-39-53(59-58(52)65-69-66-59)57-44-48(33-29-23-19-14-4)61(68-57)63(9,10)15-5/h34-39,42-45H,11-33,40-41H2,1-10H3. The third-order valence-electron chi connectivity index (χ3n) is 16.1. The average Bonchev–Trinajstić information content (AvgIpc) is 4.16. The third kappa shape index (κ3) is 12.6. The van der Waals surface area contributed by atoms with Crippen molar-refractivity contribution in [3.05, 3.63) is 93.4 Å². The zero-order valence-electron chi connectivity index (χ0n) is 45.1. The van der Waals surface area contributed by atoms with Crippen LogP contribution in [-0.2, 0) is 29.1 Å². The lowest BCUT2D eigenvalue weighted by Crippen LogP contribution is -2.26. The van der Waals surface area contributed by atoms with Gasteiger partial charge < -0.3 is 0 Å². The minimum absolute atomic E-state index is 0.0382. The Hall–Kier alpha value is -3.12. The van der Waals surface area contributed by atoms with E-state index < -0.39 is 0 Å². The minimum Gasteiger partial charge on any atom is -0.172 e. The van der Waals surface area contributed by atoms with E-state index in [1.165, 1.54) is 207 Å². The highest BCUT2D eigenvalue weighted by Gasteiger charge is 2.43. The van der Waals surface area contributed by atoms with Gasteiger partial charge in [0, 0.05) is 36.1 Å². The van der Waals surface area contributed by atoms with Gasteiger partial charge in [0.25, 0.3) is 0 Å². The van der Waals surface area contributed by atoms with Crippen LogP contribution in [0.4, 0.5) is 0 Å². The van der Waals surface area contributed by atoms with Crippen LogP contribution in [0.3, 0.4) is 0 Å². The highest BCUT2D eigenvalue weighted by molar-refractivity contribution is 7.19. The van der Waals surface area contributed by atoms with Crippen molar-refractivity contribution in [3.8, 4) is 42.4 Å². The molecule has 3 heterocycles. The van der Waals surface area contributed by atoms with Crippen molar-refractivity contribution in [2.24, 2.45) is 0 Å². The zero-order chi connectivity index (χ0) is 49.0. The molecule has 3 aromatic heterocycles. The summed E-state index contributed by atoms with van der Waals surface area (Å²) >= 11 is 5.40. The Balaban J connectivity index is 1.31. The first-order valence-electron chi connectivity index (χ1n) is 28.2. The quantitative estimate of drug-likeness (QED) is 0.0438. The fraction of sp³-hybridized carbons (Fsp3) is 0.594. The maximum atomic E-state index is 5.10. The molecule has 0 amide bonds. The monoisotopic (exact) mass is 983 g/mol. The van der Waals surface area contributed by atoms with Crippen molar-refractivity contribution < 1.29 is 0 Å². The molecule has 3 aromatic carbocycles. The molecular formula is C64H90N2S3. The van der Waals surface area contributed by atoms with Gasteiger partial charge in [0.1, 0.15) is 11.0 Å². The largest absolute Gasteiger partial charge is 0.172 e. The van der Waals surface area contributed by atoms with Crippen LogP contribution in [0.25, 0.3) is 53.5 Å². The third-order valence-corrected chi connectivity index (χ3v) is 19.4. The molecule has 7 rings (SSSR count). The lowest BCUT2D eigenvalue weighted by molar-refractivity contribution is 0.397. The number of unbranched alkanes of at least 4 members (excludes halogenated alkanes) is 16. The molecule has 0 unspecified atom stereocenters. The summed E-state index contributed by atoms with van der Waals surface area (Å²) in [6.45, 7) is 23.7. The molecule has 0 saturated heterocycles. The molecule has 0 saturated carbocycles. The number of hydrogen-bond donors (Lipinski definition) is 0.